The van der Waals surface area contributed by atoms with Gasteiger partial charge in [-0.1, -0.05) is 0 Å². The van der Waals surface area contributed by atoms with E-state index in [0.717, 1.165) is 4.88 Å². The van der Waals surface area contributed by atoms with Crippen molar-refractivity contribution >= 4 is 28.3 Å². The zero-order valence-electron chi connectivity index (χ0n) is 8.83. The number of nitrogens with one attached hydrogen (secondary N) is 1. The normalized spacial score (nSPS) is 19.5. The molecule has 1 aliphatic rings. The number of aryl methyl sites for hydroxylation is 1. The van der Waals surface area contributed by atoms with Gasteiger partial charge in [-0.15, -0.1) is 11.3 Å². The third-order valence-electron chi connectivity index (χ3n) is 2.31. The molecule has 0 aromatic carbocycles. The van der Waals surface area contributed by atoms with Crippen molar-refractivity contribution < 1.29 is 9.59 Å². The van der Waals surface area contributed by atoms with Gasteiger partial charge in [-0.25, -0.2) is 9.69 Å². The van der Waals surface area contributed by atoms with Crippen LogP contribution in [0.5, 0.6) is 0 Å². The lowest BCUT2D eigenvalue weighted by Gasteiger charge is -2.14. The zero-order valence-corrected chi connectivity index (χ0v) is 9.64. The summed E-state index contributed by atoms with van der Waals surface area (Å²) in [7, 11) is 0. The van der Waals surface area contributed by atoms with Crippen LogP contribution in [0.25, 0.3) is 0 Å². The van der Waals surface area contributed by atoms with Gasteiger partial charge in [-0.2, -0.15) is 0 Å². The maximum absolute atomic E-state index is 11.9. The second-order valence-corrected chi connectivity index (χ2v) is 5.35. The van der Waals surface area contributed by atoms with E-state index < -0.39 is 5.54 Å². The zero-order chi connectivity index (χ0) is 11.2. The van der Waals surface area contributed by atoms with E-state index in [1.165, 1.54) is 16.2 Å². The summed E-state index contributed by atoms with van der Waals surface area (Å²) in [4.78, 5) is 25.8. The van der Waals surface area contributed by atoms with Gasteiger partial charge in [0.25, 0.3) is 5.91 Å². The van der Waals surface area contributed by atoms with E-state index >= 15 is 0 Å². The van der Waals surface area contributed by atoms with E-state index in [4.69, 9.17) is 0 Å². The van der Waals surface area contributed by atoms with Crippen LogP contribution in [0.3, 0.4) is 0 Å². The van der Waals surface area contributed by atoms with E-state index in [9.17, 15) is 9.59 Å². The molecule has 1 aromatic heterocycles. The first kappa shape index (κ1) is 10.2. The van der Waals surface area contributed by atoms with E-state index in [0.29, 0.717) is 5.00 Å². The van der Waals surface area contributed by atoms with Crippen LogP contribution in [0.2, 0.25) is 0 Å². The summed E-state index contributed by atoms with van der Waals surface area (Å²) in [6.07, 6.45) is 0. The molecule has 5 heteroatoms. The molecule has 0 bridgehead atoms. The number of amides is 3. The number of thiophene rings is 1. The lowest BCUT2D eigenvalue weighted by molar-refractivity contribution is -0.120. The molecule has 1 aliphatic heterocycles. The van der Waals surface area contributed by atoms with Gasteiger partial charge in [0.05, 0.1) is 0 Å². The summed E-state index contributed by atoms with van der Waals surface area (Å²) in [5.41, 5.74) is -0.797. The largest absolute Gasteiger partial charge is 0.330 e. The van der Waals surface area contributed by atoms with Crippen LogP contribution < -0.4 is 10.2 Å². The lowest BCUT2D eigenvalue weighted by Crippen LogP contribution is -2.40. The van der Waals surface area contributed by atoms with Crippen LogP contribution in [0.15, 0.2) is 12.1 Å². The van der Waals surface area contributed by atoms with Gasteiger partial charge >= 0.3 is 6.03 Å². The molecule has 15 heavy (non-hydrogen) atoms. The van der Waals surface area contributed by atoms with E-state index in [1.807, 2.05) is 13.0 Å². The van der Waals surface area contributed by atoms with Gasteiger partial charge in [0.15, 0.2) is 0 Å². The summed E-state index contributed by atoms with van der Waals surface area (Å²) in [5, 5.41) is 3.33. The third kappa shape index (κ3) is 1.52. The number of carbonyl (C=O) groups excluding carboxylic acids is 2. The number of carbonyl (C=O) groups is 2. The van der Waals surface area contributed by atoms with Crippen LogP contribution in [0, 0.1) is 6.92 Å². The Bertz CT molecular complexity index is 436. The first-order valence-corrected chi connectivity index (χ1v) is 5.46. The molecule has 0 aliphatic carbocycles. The number of nitrogens with zero attached hydrogens (tertiary/aromatic N) is 1. The molecule has 1 fully saturated rings. The summed E-state index contributed by atoms with van der Waals surface area (Å²) in [6, 6.07) is 3.34. The van der Waals surface area contributed by atoms with Crippen LogP contribution in [0.1, 0.15) is 18.7 Å². The predicted molar refractivity (Wildman–Crippen MR) is 59.2 cm³/mol. The smallest absolute Gasteiger partial charge is 0.323 e. The van der Waals surface area contributed by atoms with Gasteiger partial charge < -0.3 is 5.32 Å². The number of urea groups is 1. The van der Waals surface area contributed by atoms with Gasteiger partial charge in [0, 0.05) is 4.88 Å². The molecule has 0 saturated carbocycles. The summed E-state index contributed by atoms with van der Waals surface area (Å²) in [5.74, 6) is -0.200. The Labute approximate surface area is 91.9 Å². The van der Waals surface area contributed by atoms with Gasteiger partial charge in [-0.05, 0) is 32.9 Å². The maximum atomic E-state index is 11.9. The van der Waals surface area contributed by atoms with Crippen LogP contribution in [-0.2, 0) is 4.79 Å². The Balaban J connectivity index is 2.39. The Hall–Kier alpha value is -1.36. The average Bonchev–Trinajstić information content (AvgIpc) is 2.57. The fourth-order valence-corrected chi connectivity index (χ4v) is 2.35. The van der Waals surface area contributed by atoms with Crippen molar-refractivity contribution in [3.8, 4) is 0 Å². The van der Waals surface area contributed by atoms with Crippen molar-refractivity contribution in [2.75, 3.05) is 4.90 Å². The van der Waals surface area contributed by atoms with Crippen molar-refractivity contribution in [1.29, 1.82) is 0 Å². The van der Waals surface area contributed by atoms with Crippen molar-refractivity contribution in [2.45, 2.75) is 26.3 Å². The van der Waals surface area contributed by atoms with E-state index in [1.54, 1.807) is 19.9 Å². The second kappa shape index (κ2) is 3.06. The first-order valence-electron chi connectivity index (χ1n) is 4.65. The monoisotopic (exact) mass is 224 g/mol. The number of hydrogen-bond acceptors (Lipinski definition) is 3. The second-order valence-electron chi connectivity index (χ2n) is 4.08. The molecule has 2 rings (SSSR count). The fourth-order valence-electron chi connectivity index (χ4n) is 1.49. The topological polar surface area (TPSA) is 49.4 Å². The van der Waals surface area contributed by atoms with Crippen molar-refractivity contribution in [3.63, 3.8) is 0 Å². The molecular weight excluding hydrogens is 212 g/mol. The molecule has 4 nitrogen and oxygen atoms in total. The quantitative estimate of drug-likeness (QED) is 0.740. The third-order valence-corrected chi connectivity index (χ3v) is 3.29. The minimum atomic E-state index is -0.797. The average molecular weight is 224 g/mol. The highest BCUT2D eigenvalue weighted by Gasteiger charge is 2.45. The van der Waals surface area contributed by atoms with Gasteiger partial charge in [-0.3, -0.25) is 4.79 Å². The number of rotatable bonds is 1. The molecule has 0 radical (unpaired) electrons. The minimum absolute atomic E-state index is 0.200. The standard InChI is InChI=1S/C10H12N2O2S/c1-6-4-5-7(15-6)12-8(13)10(2,3)11-9(12)14/h4-5H,1-3H3,(H,11,14). The molecule has 2 heterocycles. The molecular formula is C10H12N2O2S. The lowest BCUT2D eigenvalue weighted by atomic mass is 10.1. The molecule has 80 valence electrons. The first-order chi connectivity index (χ1) is 6.92. The highest BCUT2D eigenvalue weighted by Crippen LogP contribution is 2.30. The molecule has 3 amide bonds. The number of anilines is 1. The van der Waals surface area contributed by atoms with Crippen molar-refractivity contribution in [2.24, 2.45) is 0 Å². The summed E-state index contributed by atoms with van der Waals surface area (Å²) >= 11 is 1.44. The molecule has 1 saturated heterocycles. The molecule has 0 spiro atoms. The SMILES string of the molecule is Cc1ccc(N2C(=O)NC(C)(C)C2=O)s1. The van der Waals surface area contributed by atoms with Gasteiger partial charge in [0.2, 0.25) is 0 Å². The number of imide groups is 1. The minimum Gasteiger partial charge on any atom is -0.323 e. The molecule has 0 atom stereocenters. The van der Waals surface area contributed by atoms with Crippen LogP contribution in [0.4, 0.5) is 9.80 Å². The Kier molecular flexibility index (Phi) is 2.08. The maximum Gasteiger partial charge on any atom is 0.330 e. The molecule has 1 aromatic rings. The Morgan fingerprint density at radius 3 is 2.40 bits per heavy atom. The highest BCUT2D eigenvalue weighted by molar-refractivity contribution is 7.16. The Morgan fingerprint density at radius 1 is 1.33 bits per heavy atom. The number of hydrogen-bond donors (Lipinski definition) is 1. The summed E-state index contributed by atoms with van der Waals surface area (Å²) < 4.78 is 0. The van der Waals surface area contributed by atoms with Crippen molar-refractivity contribution in [3.05, 3.63) is 17.0 Å². The van der Waals surface area contributed by atoms with Crippen LogP contribution in [-0.4, -0.2) is 17.5 Å². The Morgan fingerprint density at radius 2 is 2.00 bits per heavy atom. The predicted octanol–water partition coefficient (Wildman–Crippen LogP) is 1.89. The van der Waals surface area contributed by atoms with Gasteiger partial charge in [0.1, 0.15) is 10.5 Å². The fraction of sp³-hybridized carbons (Fsp3) is 0.400. The van der Waals surface area contributed by atoms with Crippen LogP contribution >= 0.6 is 11.3 Å². The molecule has 1 N–H and O–H groups in total. The van der Waals surface area contributed by atoms with Crippen molar-refractivity contribution in [1.82, 2.24) is 5.32 Å². The van der Waals surface area contributed by atoms with E-state index in [-0.39, 0.29) is 11.9 Å². The summed E-state index contributed by atoms with van der Waals surface area (Å²) in [6.45, 7) is 5.35. The van der Waals surface area contributed by atoms with E-state index in [2.05, 4.69) is 5.32 Å². The molecule has 0 unspecified atom stereocenters. The highest BCUT2D eigenvalue weighted by atomic mass is 32.1.